The van der Waals surface area contributed by atoms with Gasteiger partial charge in [-0.2, -0.15) is 4.39 Å². The van der Waals surface area contributed by atoms with E-state index in [0.717, 1.165) is 48.1 Å². The first-order valence-corrected chi connectivity index (χ1v) is 11.4. The minimum atomic E-state index is -0.607. The highest BCUT2D eigenvalue weighted by Crippen LogP contribution is 2.37. The molecular weight excluding hydrogens is 423 g/mol. The first-order chi connectivity index (χ1) is 16.0. The Balaban J connectivity index is 1.33. The van der Waals surface area contributed by atoms with E-state index in [2.05, 4.69) is 30.1 Å². The van der Waals surface area contributed by atoms with Crippen LogP contribution in [0.5, 0.6) is 0 Å². The number of amides is 1. The summed E-state index contributed by atoms with van der Waals surface area (Å²) in [7, 11) is 1.50. The Hall–Kier alpha value is -3.33. The zero-order chi connectivity index (χ0) is 23.1. The Bertz CT molecular complexity index is 1280. The van der Waals surface area contributed by atoms with Crippen molar-refractivity contribution in [3.63, 3.8) is 0 Å². The molecule has 0 radical (unpaired) electrons. The van der Waals surface area contributed by atoms with Crippen LogP contribution >= 0.6 is 0 Å². The number of aromatic nitrogens is 3. The normalized spacial score (nSPS) is 20.4. The molecule has 0 bridgehead atoms. The van der Waals surface area contributed by atoms with Gasteiger partial charge in [-0.25, -0.2) is 4.98 Å². The maximum absolute atomic E-state index is 14.8. The number of carbonyl (C=O) groups excluding carboxylic acids is 1. The number of piperazine rings is 1. The summed E-state index contributed by atoms with van der Waals surface area (Å²) >= 11 is 0. The maximum Gasteiger partial charge on any atom is 0.269 e. The van der Waals surface area contributed by atoms with E-state index < -0.39 is 11.9 Å². The summed E-state index contributed by atoms with van der Waals surface area (Å²) in [4.78, 5) is 39.8. The van der Waals surface area contributed by atoms with E-state index in [0.29, 0.717) is 24.7 Å². The lowest BCUT2D eigenvalue weighted by atomic mass is 9.81. The molecule has 8 nitrogen and oxygen atoms in total. The molecule has 2 atom stereocenters. The highest BCUT2D eigenvalue weighted by Gasteiger charge is 2.43. The molecule has 0 spiro atoms. The molecule has 1 aliphatic heterocycles. The molecule has 2 aliphatic rings. The number of H-pyrrole nitrogens is 1. The molecule has 172 valence electrons. The van der Waals surface area contributed by atoms with Crippen LogP contribution in [0.4, 0.5) is 10.1 Å². The standard InChI is InChI=1S/C24H27FN6O2/c1-3-15-11-17-18(29-23(15)32)10-14(12-27-17)13-30-8-9-31(20-7-6-19(20)30)21-5-4-16(24(33)26-2)28-22(21)25/h4-5,10-12,19-20H,3,6-9,13H2,1-2H3,(H,26,33)(H,29,32)/t19-,20+/m0/s1. The van der Waals surface area contributed by atoms with Gasteiger partial charge < -0.3 is 15.2 Å². The molecule has 3 aromatic heterocycles. The third-order valence-electron chi connectivity index (χ3n) is 6.89. The molecule has 2 fully saturated rings. The first kappa shape index (κ1) is 21.5. The van der Waals surface area contributed by atoms with Crippen molar-refractivity contribution < 1.29 is 9.18 Å². The molecule has 1 saturated carbocycles. The Morgan fingerprint density at radius 1 is 1.24 bits per heavy atom. The molecule has 0 unspecified atom stereocenters. The van der Waals surface area contributed by atoms with Crippen molar-refractivity contribution in [2.45, 2.75) is 44.8 Å². The van der Waals surface area contributed by atoms with Crippen LogP contribution in [0.15, 0.2) is 35.3 Å². The number of hydrogen-bond donors (Lipinski definition) is 2. The fourth-order valence-electron chi connectivity index (χ4n) is 4.96. The Morgan fingerprint density at radius 3 is 2.76 bits per heavy atom. The van der Waals surface area contributed by atoms with Gasteiger partial charge in [0.25, 0.3) is 11.5 Å². The SMILES string of the molecule is CCc1cc2ncc(CN3CCN(c4ccc(C(=O)NC)nc4F)[C@@H]4CC[C@@H]43)cc2[nH]c1=O. The van der Waals surface area contributed by atoms with E-state index in [-0.39, 0.29) is 17.3 Å². The van der Waals surface area contributed by atoms with Crippen molar-refractivity contribution in [1.29, 1.82) is 0 Å². The number of hydrogen-bond acceptors (Lipinski definition) is 6. The zero-order valence-electron chi connectivity index (χ0n) is 18.8. The van der Waals surface area contributed by atoms with E-state index in [1.165, 1.54) is 7.05 Å². The number of aromatic amines is 1. The van der Waals surface area contributed by atoms with E-state index in [9.17, 15) is 14.0 Å². The fourth-order valence-corrected chi connectivity index (χ4v) is 4.96. The van der Waals surface area contributed by atoms with Crippen molar-refractivity contribution >= 4 is 22.6 Å². The lowest BCUT2D eigenvalue weighted by Gasteiger charge is -2.54. The smallest absolute Gasteiger partial charge is 0.269 e. The number of anilines is 1. The summed E-state index contributed by atoms with van der Waals surface area (Å²) in [5, 5.41) is 2.47. The molecule has 9 heteroatoms. The number of pyridine rings is 3. The van der Waals surface area contributed by atoms with Gasteiger partial charge in [-0.1, -0.05) is 6.92 Å². The van der Waals surface area contributed by atoms with Crippen LogP contribution in [0.1, 0.15) is 41.4 Å². The Kier molecular flexibility index (Phi) is 5.57. The van der Waals surface area contributed by atoms with Crippen LogP contribution in [0.2, 0.25) is 0 Å². The van der Waals surface area contributed by atoms with Gasteiger partial charge in [-0.15, -0.1) is 0 Å². The molecule has 4 heterocycles. The van der Waals surface area contributed by atoms with Crippen LogP contribution in [0.25, 0.3) is 11.0 Å². The van der Waals surface area contributed by atoms with Crippen LogP contribution in [-0.2, 0) is 13.0 Å². The van der Waals surface area contributed by atoms with Crippen LogP contribution in [0, 0.1) is 5.95 Å². The van der Waals surface area contributed by atoms with E-state index in [1.807, 2.05) is 25.3 Å². The maximum atomic E-state index is 14.8. The zero-order valence-corrected chi connectivity index (χ0v) is 18.8. The molecule has 1 saturated heterocycles. The third-order valence-corrected chi connectivity index (χ3v) is 6.89. The summed E-state index contributed by atoms with van der Waals surface area (Å²) in [6.07, 6.45) is 4.58. The quantitative estimate of drug-likeness (QED) is 0.579. The highest BCUT2D eigenvalue weighted by molar-refractivity contribution is 5.92. The minimum absolute atomic E-state index is 0.0605. The third kappa shape index (κ3) is 3.86. The van der Waals surface area contributed by atoms with Crippen LogP contribution < -0.4 is 15.8 Å². The molecule has 0 aromatic carbocycles. The summed E-state index contributed by atoms with van der Waals surface area (Å²) in [6.45, 7) is 4.14. The summed E-state index contributed by atoms with van der Waals surface area (Å²) in [5.74, 6) is -1.01. The van der Waals surface area contributed by atoms with E-state index in [1.54, 1.807) is 12.1 Å². The van der Waals surface area contributed by atoms with Gasteiger partial charge in [0.05, 0.1) is 16.7 Å². The summed E-state index contributed by atoms with van der Waals surface area (Å²) < 4.78 is 14.8. The lowest BCUT2D eigenvalue weighted by molar-refractivity contribution is 0.0654. The number of nitrogens with zero attached hydrogens (tertiary/aromatic N) is 4. The number of carbonyl (C=O) groups is 1. The van der Waals surface area contributed by atoms with Gasteiger partial charge in [0.1, 0.15) is 5.69 Å². The van der Waals surface area contributed by atoms with E-state index in [4.69, 9.17) is 0 Å². The van der Waals surface area contributed by atoms with Gasteiger partial charge in [-0.05, 0) is 49.1 Å². The van der Waals surface area contributed by atoms with Gasteiger partial charge in [0, 0.05) is 50.5 Å². The molecule has 3 aromatic rings. The second-order valence-electron chi connectivity index (χ2n) is 8.72. The van der Waals surface area contributed by atoms with Crippen LogP contribution in [0.3, 0.4) is 0 Å². The second kappa shape index (κ2) is 8.55. The molecule has 1 amide bonds. The van der Waals surface area contributed by atoms with Crippen molar-refractivity contribution in [2.24, 2.45) is 0 Å². The average Bonchev–Trinajstić information content (AvgIpc) is 2.79. The van der Waals surface area contributed by atoms with Gasteiger partial charge in [0.2, 0.25) is 5.95 Å². The molecular formula is C24H27FN6O2. The predicted octanol–water partition coefficient (Wildman–Crippen LogP) is 2.23. The number of aryl methyl sites for hydroxylation is 1. The first-order valence-electron chi connectivity index (χ1n) is 11.4. The largest absolute Gasteiger partial charge is 0.362 e. The monoisotopic (exact) mass is 450 g/mol. The summed E-state index contributed by atoms with van der Waals surface area (Å²) in [6, 6.07) is 7.62. The number of nitrogens with one attached hydrogen (secondary N) is 2. The second-order valence-corrected chi connectivity index (χ2v) is 8.72. The van der Waals surface area contributed by atoms with Crippen molar-refractivity contribution in [3.05, 3.63) is 63.6 Å². The predicted molar refractivity (Wildman–Crippen MR) is 124 cm³/mol. The highest BCUT2D eigenvalue weighted by atomic mass is 19.1. The number of fused-ring (bicyclic) bond motifs is 2. The minimum Gasteiger partial charge on any atom is -0.362 e. The molecule has 1 aliphatic carbocycles. The topological polar surface area (TPSA) is 94.2 Å². The van der Waals surface area contributed by atoms with Crippen molar-refractivity contribution in [1.82, 2.24) is 25.2 Å². The average molecular weight is 451 g/mol. The van der Waals surface area contributed by atoms with Crippen molar-refractivity contribution in [2.75, 3.05) is 25.0 Å². The van der Waals surface area contributed by atoms with E-state index >= 15 is 0 Å². The Morgan fingerprint density at radius 2 is 2.06 bits per heavy atom. The lowest BCUT2D eigenvalue weighted by Crippen LogP contribution is -2.64. The van der Waals surface area contributed by atoms with Crippen LogP contribution in [-0.4, -0.2) is 58.0 Å². The van der Waals surface area contributed by atoms with Gasteiger partial charge in [0.15, 0.2) is 0 Å². The molecule has 33 heavy (non-hydrogen) atoms. The number of rotatable bonds is 5. The fraction of sp³-hybridized carbons (Fsp3) is 0.417. The van der Waals surface area contributed by atoms with Gasteiger partial charge in [-0.3, -0.25) is 19.5 Å². The van der Waals surface area contributed by atoms with Gasteiger partial charge >= 0.3 is 0 Å². The number of halogens is 1. The Labute approximate surface area is 190 Å². The molecule has 5 rings (SSSR count). The summed E-state index contributed by atoms with van der Waals surface area (Å²) in [5.41, 5.74) is 3.80. The molecule has 2 N–H and O–H groups in total. The van der Waals surface area contributed by atoms with Crippen molar-refractivity contribution in [3.8, 4) is 0 Å².